The summed E-state index contributed by atoms with van der Waals surface area (Å²) in [5.41, 5.74) is 0. The molecule has 1 rings (SSSR count). The van der Waals surface area contributed by atoms with Crippen molar-refractivity contribution in [2.24, 2.45) is 5.92 Å². The lowest BCUT2D eigenvalue weighted by molar-refractivity contribution is -0.137. The molecule has 1 fully saturated rings. The van der Waals surface area contributed by atoms with Crippen molar-refractivity contribution in [1.29, 1.82) is 0 Å². The molecule has 0 aliphatic carbocycles. The third kappa shape index (κ3) is 5.04. The predicted molar refractivity (Wildman–Crippen MR) is 69.3 cm³/mol. The van der Waals surface area contributed by atoms with E-state index in [1.165, 1.54) is 0 Å². The molecule has 0 aromatic rings. The van der Waals surface area contributed by atoms with Gasteiger partial charge < -0.3 is 14.9 Å². The van der Waals surface area contributed by atoms with Gasteiger partial charge in [-0.05, 0) is 39.3 Å². The number of amides is 1. The number of hydrogen-bond donors (Lipinski definition) is 1. The molecule has 1 atom stereocenters. The smallest absolute Gasteiger partial charge is 0.303 e. The number of likely N-dealkylation sites (tertiary alicyclic amines) is 1. The summed E-state index contributed by atoms with van der Waals surface area (Å²) in [6.45, 7) is 5.67. The Kier molecular flexibility index (Phi) is 6.12. The molecule has 0 saturated carbocycles. The lowest BCUT2D eigenvalue weighted by Crippen LogP contribution is -2.35. The van der Waals surface area contributed by atoms with Crippen LogP contribution in [0, 0.1) is 5.92 Å². The van der Waals surface area contributed by atoms with E-state index in [9.17, 15) is 9.59 Å². The SMILES string of the molecule is CCN(C[C@H]1CCN(C)C1)C(=O)CCCC(=O)O. The fourth-order valence-corrected chi connectivity index (χ4v) is 2.44. The van der Waals surface area contributed by atoms with E-state index in [0.717, 1.165) is 26.1 Å². The van der Waals surface area contributed by atoms with E-state index in [0.29, 0.717) is 25.3 Å². The second-order valence-electron chi connectivity index (χ2n) is 5.10. The van der Waals surface area contributed by atoms with Gasteiger partial charge in [0.25, 0.3) is 0 Å². The van der Waals surface area contributed by atoms with Crippen molar-refractivity contribution in [2.75, 3.05) is 33.2 Å². The van der Waals surface area contributed by atoms with E-state index in [-0.39, 0.29) is 12.3 Å². The van der Waals surface area contributed by atoms with Crippen LogP contribution in [0.1, 0.15) is 32.6 Å². The van der Waals surface area contributed by atoms with E-state index >= 15 is 0 Å². The number of carboxylic acids is 1. The first-order valence-corrected chi connectivity index (χ1v) is 6.71. The molecule has 1 aliphatic heterocycles. The van der Waals surface area contributed by atoms with Gasteiger partial charge >= 0.3 is 5.97 Å². The van der Waals surface area contributed by atoms with E-state index in [1.807, 2.05) is 11.8 Å². The molecule has 0 spiro atoms. The summed E-state index contributed by atoms with van der Waals surface area (Å²) in [6, 6.07) is 0. The quantitative estimate of drug-likeness (QED) is 0.739. The highest BCUT2D eigenvalue weighted by molar-refractivity contribution is 5.77. The van der Waals surface area contributed by atoms with Crippen LogP contribution in [-0.4, -0.2) is 60.0 Å². The zero-order chi connectivity index (χ0) is 13.5. The number of hydrogen-bond acceptors (Lipinski definition) is 3. The summed E-state index contributed by atoms with van der Waals surface area (Å²) in [5.74, 6) is -0.171. The van der Waals surface area contributed by atoms with Crippen molar-refractivity contribution < 1.29 is 14.7 Å². The van der Waals surface area contributed by atoms with Gasteiger partial charge in [-0.15, -0.1) is 0 Å². The highest BCUT2D eigenvalue weighted by Crippen LogP contribution is 2.16. The standard InChI is InChI=1S/C13H24N2O3/c1-3-15(10-11-7-8-14(2)9-11)12(16)5-4-6-13(17)18/h11H,3-10H2,1-2H3,(H,17,18)/t11-/m0/s1. The fraction of sp³-hybridized carbons (Fsp3) is 0.846. The molecular weight excluding hydrogens is 232 g/mol. The minimum absolute atomic E-state index is 0.0788. The Morgan fingerprint density at radius 3 is 2.61 bits per heavy atom. The number of rotatable bonds is 7. The maximum absolute atomic E-state index is 11.9. The maximum atomic E-state index is 11.9. The van der Waals surface area contributed by atoms with Gasteiger partial charge in [-0.1, -0.05) is 0 Å². The minimum Gasteiger partial charge on any atom is -0.481 e. The highest BCUT2D eigenvalue weighted by Gasteiger charge is 2.23. The molecule has 1 heterocycles. The molecule has 1 saturated heterocycles. The summed E-state index contributed by atoms with van der Waals surface area (Å²) in [6.07, 6.45) is 2.02. The van der Waals surface area contributed by atoms with Crippen molar-refractivity contribution >= 4 is 11.9 Å². The summed E-state index contributed by atoms with van der Waals surface area (Å²) in [4.78, 5) is 26.5. The lowest BCUT2D eigenvalue weighted by atomic mass is 10.1. The zero-order valence-corrected chi connectivity index (χ0v) is 11.4. The Morgan fingerprint density at radius 2 is 2.11 bits per heavy atom. The topological polar surface area (TPSA) is 60.9 Å². The molecule has 0 radical (unpaired) electrons. The van der Waals surface area contributed by atoms with Gasteiger partial charge in [-0.2, -0.15) is 0 Å². The predicted octanol–water partition coefficient (Wildman–Crippen LogP) is 1.04. The Balaban J connectivity index is 2.30. The molecule has 0 bridgehead atoms. The second kappa shape index (κ2) is 7.36. The number of aliphatic carboxylic acids is 1. The van der Waals surface area contributed by atoms with Gasteiger partial charge in [0, 0.05) is 32.5 Å². The van der Waals surface area contributed by atoms with Crippen LogP contribution in [-0.2, 0) is 9.59 Å². The van der Waals surface area contributed by atoms with Gasteiger partial charge in [-0.3, -0.25) is 9.59 Å². The average Bonchev–Trinajstić information content (AvgIpc) is 2.71. The molecule has 104 valence electrons. The van der Waals surface area contributed by atoms with E-state index < -0.39 is 5.97 Å². The van der Waals surface area contributed by atoms with Crippen molar-refractivity contribution in [3.05, 3.63) is 0 Å². The van der Waals surface area contributed by atoms with Gasteiger partial charge in [0.2, 0.25) is 5.91 Å². The van der Waals surface area contributed by atoms with Crippen LogP contribution in [0.2, 0.25) is 0 Å². The largest absolute Gasteiger partial charge is 0.481 e. The van der Waals surface area contributed by atoms with Crippen molar-refractivity contribution in [1.82, 2.24) is 9.80 Å². The molecule has 18 heavy (non-hydrogen) atoms. The van der Waals surface area contributed by atoms with Gasteiger partial charge in [0.05, 0.1) is 0 Å². The second-order valence-corrected chi connectivity index (χ2v) is 5.10. The third-order valence-electron chi connectivity index (χ3n) is 3.48. The van der Waals surface area contributed by atoms with Crippen LogP contribution in [0.4, 0.5) is 0 Å². The van der Waals surface area contributed by atoms with Crippen LogP contribution in [0.15, 0.2) is 0 Å². The van der Waals surface area contributed by atoms with Crippen LogP contribution in [0.25, 0.3) is 0 Å². The van der Waals surface area contributed by atoms with Crippen molar-refractivity contribution in [2.45, 2.75) is 32.6 Å². The average molecular weight is 256 g/mol. The number of carbonyl (C=O) groups excluding carboxylic acids is 1. The van der Waals surface area contributed by atoms with Crippen LogP contribution in [0.3, 0.4) is 0 Å². The first kappa shape index (κ1) is 15.0. The molecule has 0 aromatic carbocycles. The molecule has 1 N–H and O–H groups in total. The molecule has 5 heteroatoms. The minimum atomic E-state index is -0.830. The maximum Gasteiger partial charge on any atom is 0.303 e. The van der Waals surface area contributed by atoms with Crippen LogP contribution >= 0.6 is 0 Å². The Morgan fingerprint density at radius 1 is 1.39 bits per heavy atom. The van der Waals surface area contributed by atoms with Crippen LogP contribution in [0.5, 0.6) is 0 Å². The van der Waals surface area contributed by atoms with E-state index in [4.69, 9.17) is 5.11 Å². The number of nitrogens with zero attached hydrogens (tertiary/aromatic N) is 2. The summed E-state index contributed by atoms with van der Waals surface area (Å²) in [5, 5.41) is 8.55. The Hall–Kier alpha value is -1.10. The van der Waals surface area contributed by atoms with Gasteiger partial charge in [0.1, 0.15) is 0 Å². The Bertz CT molecular complexity index is 294. The number of carbonyl (C=O) groups is 2. The molecule has 1 aliphatic rings. The highest BCUT2D eigenvalue weighted by atomic mass is 16.4. The summed E-state index contributed by atoms with van der Waals surface area (Å²) < 4.78 is 0. The van der Waals surface area contributed by atoms with E-state index in [1.54, 1.807) is 0 Å². The van der Waals surface area contributed by atoms with Gasteiger partial charge in [0.15, 0.2) is 0 Å². The Labute approximate surface area is 109 Å². The fourth-order valence-electron chi connectivity index (χ4n) is 2.44. The molecule has 5 nitrogen and oxygen atoms in total. The first-order chi connectivity index (χ1) is 8.52. The number of carboxylic acid groups (broad SMARTS) is 1. The molecule has 0 unspecified atom stereocenters. The molecular formula is C13H24N2O3. The first-order valence-electron chi connectivity index (χ1n) is 6.71. The normalized spacial score (nSPS) is 20.0. The molecule has 1 amide bonds. The van der Waals surface area contributed by atoms with E-state index in [2.05, 4.69) is 11.9 Å². The van der Waals surface area contributed by atoms with Crippen molar-refractivity contribution in [3.8, 4) is 0 Å². The third-order valence-corrected chi connectivity index (χ3v) is 3.48. The summed E-state index contributed by atoms with van der Waals surface area (Å²) >= 11 is 0. The lowest BCUT2D eigenvalue weighted by Gasteiger charge is -2.24. The monoisotopic (exact) mass is 256 g/mol. The molecule has 0 aromatic heterocycles. The van der Waals surface area contributed by atoms with Crippen LogP contribution < -0.4 is 0 Å². The van der Waals surface area contributed by atoms with Gasteiger partial charge in [-0.25, -0.2) is 0 Å². The zero-order valence-electron chi connectivity index (χ0n) is 11.4. The summed E-state index contributed by atoms with van der Waals surface area (Å²) in [7, 11) is 2.10. The van der Waals surface area contributed by atoms with Crippen molar-refractivity contribution in [3.63, 3.8) is 0 Å².